The molecule has 6 nitrogen and oxygen atoms in total. The van der Waals surface area contributed by atoms with Crippen LogP contribution in [0.15, 0.2) is 172 Å². The van der Waals surface area contributed by atoms with Gasteiger partial charge in [-0.2, -0.15) is 9.15 Å². The molecule has 0 N–H and O–H groups in total. The normalized spacial score (nSPS) is 12.3. The van der Waals surface area contributed by atoms with Crippen LogP contribution in [0.1, 0.15) is 55.4 Å². The van der Waals surface area contributed by atoms with Gasteiger partial charge in [0.05, 0.1) is 0 Å². The molecule has 0 unspecified atom stereocenters. The maximum Gasteiger partial charge on any atom is 0.212 e. The van der Waals surface area contributed by atoms with Crippen LogP contribution in [0, 0.1) is 23.7 Å². The Balaban J connectivity index is 1.65. The molecule has 0 heterocycles. The molecular weight excluding hydrogens is 733 g/mol. The molecule has 312 valence electrons. The van der Waals surface area contributed by atoms with Crippen molar-refractivity contribution in [3.8, 4) is 0 Å². The lowest BCUT2D eigenvalue weighted by molar-refractivity contribution is 0.552. The summed E-state index contributed by atoms with van der Waals surface area (Å²) in [5, 5.41) is 0. The lowest BCUT2D eigenvalue weighted by Crippen LogP contribution is -2.31. The summed E-state index contributed by atoms with van der Waals surface area (Å²) in [5.74, 6) is 2.28. The summed E-state index contributed by atoms with van der Waals surface area (Å²) in [6.45, 7) is 38.2. The molecule has 0 saturated carbocycles. The summed E-state index contributed by atoms with van der Waals surface area (Å²) in [5.41, 5.74) is 10.9. The monoisotopic (exact) mass is 801 g/mol. The highest BCUT2D eigenvalue weighted by Gasteiger charge is 2.25. The average molecular weight is 801 g/mol. The molecule has 0 spiro atoms. The second kappa shape index (κ2) is 21.2. The topological polar surface area (TPSA) is 19.0 Å². The molecule has 0 atom stereocenters. The van der Waals surface area contributed by atoms with Gasteiger partial charge >= 0.3 is 0 Å². The van der Waals surface area contributed by atoms with Crippen LogP contribution < -0.4 is 28.8 Å². The van der Waals surface area contributed by atoms with Crippen LogP contribution in [-0.4, -0.2) is 37.6 Å². The van der Waals surface area contributed by atoms with E-state index < -0.39 is 0 Å². The maximum atomic E-state index is 3.95. The van der Waals surface area contributed by atoms with E-state index in [2.05, 4.69) is 222 Å². The van der Waals surface area contributed by atoms with Gasteiger partial charge < -0.3 is 19.6 Å². The number of allylic oxidation sites excluding steroid dienone is 4. The molecule has 0 aliphatic heterocycles. The van der Waals surface area contributed by atoms with E-state index in [0.717, 1.165) is 71.7 Å². The highest BCUT2D eigenvalue weighted by molar-refractivity contribution is 6.20. The molecule has 4 aromatic rings. The minimum Gasteiger partial charge on any atom is -0.371 e. The van der Waals surface area contributed by atoms with E-state index in [0.29, 0.717) is 23.7 Å². The lowest BCUT2D eigenvalue weighted by Gasteiger charge is -2.28. The molecule has 0 amide bonds. The van der Waals surface area contributed by atoms with E-state index in [1.165, 1.54) is 11.4 Å². The third-order valence-corrected chi connectivity index (χ3v) is 10.3. The van der Waals surface area contributed by atoms with Crippen molar-refractivity contribution in [3.05, 3.63) is 172 Å². The minimum atomic E-state index is 0.571. The smallest absolute Gasteiger partial charge is 0.212 e. The summed E-state index contributed by atoms with van der Waals surface area (Å²) in [7, 11) is 0. The van der Waals surface area contributed by atoms with Crippen molar-refractivity contribution in [2.75, 3.05) is 45.8 Å². The molecule has 0 saturated heterocycles. The van der Waals surface area contributed by atoms with Crippen LogP contribution in [0.5, 0.6) is 0 Å². The summed E-state index contributed by atoms with van der Waals surface area (Å²) >= 11 is 0. The molecule has 6 heteroatoms. The Labute approximate surface area is 362 Å². The Morgan fingerprint density at radius 2 is 0.583 bits per heavy atom. The quantitative estimate of drug-likeness (QED) is 0.0654. The summed E-state index contributed by atoms with van der Waals surface area (Å²) in [4.78, 5) is 8.86. The van der Waals surface area contributed by atoms with Crippen LogP contribution in [-0.2, 0) is 0 Å². The summed E-state index contributed by atoms with van der Waals surface area (Å²) in [6.07, 6.45) is 15.9. The molecule has 0 radical (unpaired) electrons. The van der Waals surface area contributed by atoms with Crippen LogP contribution in [0.25, 0.3) is 0 Å². The zero-order chi connectivity index (χ0) is 43.3. The third kappa shape index (κ3) is 11.5. The Morgan fingerprint density at radius 1 is 0.367 bits per heavy atom. The first-order valence-corrected chi connectivity index (χ1v) is 21.5. The van der Waals surface area contributed by atoms with Crippen molar-refractivity contribution < 1.29 is 0 Å². The SMILES string of the molecule is C=CN(C=C)c1ccc([N+](=C2C=CC(=[N+](c3ccc(N(CC(C)C)CC(C)C)cc3)c3ccc(N(CC(C)C)CC(C)C)cc3)C=C2)c2ccc(N(C=C)C=C)cc2)cc1. The fourth-order valence-corrected chi connectivity index (χ4v) is 7.72. The van der Waals surface area contributed by atoms with Crippen LogP contribution in [0.4, 0.5) is 45.5 Å². The Morgan fingerprint density at radius 3 is 0.783 bits per heavy atom. The fraction of sp³-hybridized carbons (Fsp3) is 0.296. The standard InChI is InChI=1S/C54H68N6/c1-13-55(14-2)45-17-25-49(26-18-45)59(50-27-19-46(20-28-50)56(15-3)16-4)53-33-35-54(36-34-53)60(51-29-21-47(22-30-51)57(37-41(5)6)38-42(7)8)52-31-23-48(24-32-52)58(39-43(9)10)40-44(11)12/h13-36,41-44H,1-4,37-40H2,5-12H3/q+2. The van der Waals surface area contributed by atoms with Crippen molar-refractivity contribution in [1.29, 1.82) is 0 Å². The van der Waals surface area contributed by atoms with E-state index in [1.807, 2.05) is 9.80 Å². The number of nitrogens with zero attached hydrogens (tertiary/aromatic N) is 6. The van der Waals surface area contributed by atoms with Crippen LogP contribution >= 0.6 is 0 Å². The number of benzene rings is 4. The van der Waals surface area contributed by atoms with Gasteiger partial charge in [0, 0.05) is 147 Å². The second-order valence-electron chi connectivity index (χ2n) is 17.2. The molecular formula is C54H68N6+2. The van der Waals surface area contributed by atoms with Crippen LogP contribution in [0.2, 0.25) is 0 Å². The number of rotatable bonds is 20. The van der Waals surface area contributed by atoms with E-state index in [1.54, 1.807) is 24.8 Å². The van der Waals surface area contributed by atoms with Gasteiger partial charge in [0.25, 0.3) is 0 Å². The largest absolute Gasteiger partial charge is 0.371 e. The van der Waals surface area contributed by atoms with Crippen molar-refractivity contribution in [1.82, 2.24) is 9.15 Å². The molecule has 1 aliphatic rings. The van der Waals surface area contributed by atoms with Gasteiger partial charge in [-0.15, -0.1) is 0 Å². The summed E-state index contributed by atoms with van der Waals surface area (Å²) in [6, 6.07) is 35.2. The van der Waals surface area contributed by atoms with E-state index in [-0.39, 0.29) is 0 Å². The number of hydrogen-bond donors (Lipinski definition) is 0. The van der Waals surface area contributed by atoms with Gasteiger partial charge in [-0.3, -0.25) is 0 Å². The van der Waals surface area contributed by atoms with Crippen LogP contribution in [0.3, 0.4) is 0 Å². The molecule has 1 aliphatic carbocycles. The van der Waals surface area contributed by atoms with Crippen molar-refractivity contribution >= 4 is 56.9 Å². The Hall–Kier alpha value is -6.14. The van der Waals surface area contributed by atoms with Gasteiger partial charge in [-0.05, 0) is 72.2 Å². The average Bonchev–Trinajstić information content (AvgIpc) is 3.23. The van der Waals surface area contributed by atoms with E-state index >= 15 is 0 Å². The Bertz CT molecular complexity index is 1990. The van der Waals surface area contributed by atoms with Gasteiger partial charge in [-0.1, -0.05) is 81.7 Å². The predicted octanol–water partition coefficient (Wildman–Crippen LogP) is 13.5. The van der Waals surface area contributed by atoms with Gasteiger partial charge in [0.1, 0.15) is 0 Å². The van der Waals surface area contributed by atoms with Gasteiger partial charge in [0.2, 0.25) is 34.2 Å². The molecule has 0 fully saturated rings. The zero-order valence-corrected chi connectivity index (χ0v) is 37.5. The van der Waals surface area contributed by atoms with E-state index in [9.17, 15) is 0 Å². The molecule has 0 bridgehead atoms. The van der Waals surface area contributed by atoms with Crippen molar-refractivity contribution in [2.24, 2.45) is 23.7 Å². The predicted molar refractivity (Wildman–Crippen MR) is 266 cm³/mol. The number of anilines is 4. The van der Waals surface area contributed by atoms with Gasteiger partial charge in [-0.25, -0.2) is 0 Å². The minimum absolute atomic E-state index is 0.571. The van der Waals surface area contributed by atoms with Crippen molar-refractivity contribution in [3.63, 3.8) is 0 Å². The van der Waals surface area contributed by atoms with Gasteiger partial charge in [0.15, 0.2) is 0 Å². The second-order valence-corrected chi connectivity index (χ2v) is 17.2. The summed E-state index contributed by atoms with van der Waals surface area (Å²) < 4.78 is 4.65. The molecule has 60 heavy (non-hydrogen) atoms. The molecule has 0 aromatic heterocycles. The zero-order valence-electron chi connectivity index (χ0n) is 37.5. The van der Waals surface area contributed by atoms with E-state index in [4.69, 9.17) is 0 Å². The lowest BCUT2D eigenvalue weighted by atomic mass is 10.1. The first-order chi connectivity index (χ1) is 28.8. The third-order valence-electron chi connectivity index (χ3n) is 10.3. The molecule has 4 aromatic carbocycles. The highest BCUT2D eigenvalue weighted by Crippen LogP contribution is 2.31. The fourth-order valence-electron chi connectivity index (χ4n) is 7.72. The number of hydrogen-bond acceptors (Lipinski definition) is 4. The maximum absolute atomic E-state index is 3.95. The Kier molecular flexibility index (Phi) is 15.9. The first kappa shape index (κ1) is 45.0. The van der Waals surface area contributed by atoms with Crippen molar-refractivity contribution in [2.45, 2.75) is 55.4 Å². The first-order valence-electron chi connectivity index (χ1n) is 21.5. The highest BCUT2D eigenvalue weighted by atomic mass is 15.1. The molecule has 5 rings (SSSR count).